The molecule has 0 aromatic heterocycles. The lowest BCUT2D eigenvalue weighted by molar-refractivity contribution is -0.122. The van der Waals surface area contributed by atoms with Gasteiger partial charge < -0.3 is 15.8 Å². The molecule has 2 unspecified atom stereocenters. The van der Waals surface area contributed by atoms with Crippen molar-refractivity contribution >= 4 is 5.91 Å². The van der Waals surface area contributed by atoms with Crippen LogP contribution in [0.4, 0.5) is 0 Å². The molecule has 0 spiro atoms. The van der Waals surface area contributed by atoms with Crippen LogP contribution in [0, 0.1) is 11.8 Å². The third kappa shape index (κ3) is 4.07. The highest BCUT2D eigenvalue weighted by Crippen LogP contribution is 2.37. The number of rotatable bonds is 7. The van der Waals surface area contributed by atoms with Crippen LogP contribution in [0.3, 0.4) is 0 Å². The predicted octanol–water partition coefficient (Wildman–Crippen LogP) is 0.124. The van der Waals surface area contributed by atoms with E-state index in [4.69, 9.17) is 10.5 Å². The van der Waals surface area contributed by atoms with E-state index in [9.17, 15) is 4.79 Å². The maximum absolute atomic E-state index is 11.3. The van der Waals surface area contributed by atoms with E-state index in [0.717, 1.165) is 12.8 Å². The molecule has 1 fully saturated rings. The van der Waals surface area contributed by atoms with Gasteiger partial charge in [0.15, 0.2) is 0 Å². The number of hydrogen-bond donors (Lipinski definition) is 2. The van der Waals surface area contributed by atoms with Gasteiger partial charge >= 0.3 is 0 Å². The molecule has 0 aliphatic heterocycles. The molecular weight excluding hydrogens is 180 g/mol. The zero-order chi connectivity index (χ0) is 10.4. The van der Waals surface area contributed by atoms with E-state index in [1.807, 2.05) is 0 Å². The number of nitrogens with one attached hydrogen (secondary N) is 1. The van der Waals surface area contributed by atoms with Gasteiger partial charge in [0.1, 0.15) is 0 Å². The Balaban J connectivity index is 1.86. The average molecular weight is 200 g/mol. The van der Waals surface area contributed by atoms with Gasteiger partial charge in [0.05, 0.1) is 6.61 Å². The first-order valence-corrected chi connectivity index (χ1v) is 5.31. The highest BCUT2D eigenvalue weighted by molar-refractivity contribution is 5.81. The van der Waals surface area contributed by atoms with Crippen LogP contribution in [0.25, 0.3) is 0 Å². The van der Waals surface area contributed by atoms with Gasteiger partial charge in [-0.1, -0.05) is 6.92 Å². The lowest BCUT2D eigenvalue weighted by atomic mass is 10.3. The lowest BCUT2D eigenvalue weighted by Crippen LogP contribution is -2.27. The number of carbonyl (C=O) groups is 1. The van der Waals surface area contributed by atoms with Gasteiger partial charge in [-0.3, -0.25) is 4.79 Å². The van der Waals surface area contributed by atoms with Gasteiger partial charge in [0.25, 0.3) is 0 Å². The Morgan fingerprint density at radius 1 is 1.57 bits per heavy atom. The Labute approximate surface area is 85.2 Å². The van der Waals surface area contributed by atoms with Crippen LogP contribution in [-0.2, 0) is 9.53 Å². The molecule has 0 radical (unpaired) electrons. The normalized spacial score (nSPS) is 24.7. The first-order valence-electron chi connectivity index (χ1n) is 5.31. The van der Waals surface area contributed by atoms with E-state index in [-0.39, 0.29) is 11.8 Å². The van der Waals surface area contributed by atoms with Crippen molar-refractivity contribution in [1.82, 2.24) is 5.32 Å². The van der Waals surface area contributed by atoms with Gasteiger partial charge in [0.2, 0.25) is 5.91 Å². The van der Waals surface area contributed by atoms with E-state index in [1.165, 1.54) is 0 Å². The summed E-state index contributed by atoms with van der Waals surface area (Å²) < 4.78 is 5.19. The van der Waals surface area contributed by atoms with Gasteiger partial charge in [-0.25, -0.2) is 0 Å². The Morgan fingerprint density at radius 3 is 2.86 bits per heavy atom. The Hall–Kier alpha value is -0.610. The van der Waals surface area contributed by atoms with Crippen molar-refractivity contribution in [2.24, 2.45) is 17.6 Å². The van der Waals surface area contributed by atoms with Gasteiger partial charge in [0, 0.05) is 25.6 Å². The quantitative estimate of drug-likeness (QED) is 0.574. The Morgan fingerprint density at radius 2 is 2.29 bits per heavy atom. The van der Waals surface area contributed by atoms with Crippen LogP contribution >= 0.6 is 0 Å². The zero-order valence-corrected chi connectivity index (χ0v) is 8.79. The summed E-state index contributed by atoms with van der Waals surface area (Å²) in [4.78, 5) is 11.3. The molecule has 2 atom stereocenters. The second-order valence-corrected chi connectivity index (χ2v) is 3.87. The molecule has 4 heteroatoms. The molecule has 0 aromatic rings. The lowest BCUT2D eigenvalue weighted by Gasteiger charge is -2.04. The summed E-state index contributed by atoms with van der Waals surface area (Å²) in [5.74, 6) is 1.07. The molecule has 0 heterocycles. The molecule has 14 heavy (non-hydrogen) atoms. The highest BCUT2D eigenvalue weighted by Gasteiger charge is 2.38. The molecular formula is C10H20N2O2. The molecule has 1 amide bonds. The number of amides is 1. The van der Waals surface area contributed by atoms with Crippen LogP contribution in [0.1, 0.15) is 19.8 Å². The third-order valence-electron chi connectivity index (χ3n) is 2.47. The Bertz CT molecular complexity index is 185. The fourth-order valence-corrected chi connectivity index (χ4v) is 1.39. The maximum Gasteiger partial charge on any atom is 0.223 e. The fourth-order valence-electron chi connectivity index (χ4n) is 1.39. The molecule has 1 saturated carbocycles. The number of ether oxygens (including phenoxy) is 1. The van der Waals surface area contributed by atoms with E-state index < -0.39 is 0 Å². The minimum Gasteiger partial charge on any atom is -0.380 e. The van der Waals surface area contributed by atoms with Gasteiger partial charge in [-0.2, -0.15) is 0 Å². The number of hydrogen-bond acceptors (Lipinski definition) is 3. The summed E-state index contributed by atoms with van der Waals surface area (Å²) in [6.45, 7) is 4.67. The monoisotopic (exact) mass is 200 g/mol. The van der Waals surface area contributed by atoms with Crippen LogP contribution in [0.15, 0.2) is 0 Å². The minimum absolute atomic E-state index is 0.205. The van der Waals surface area contributed by atoms with Crippen molar-refractivity contribution in [3.63, 3.8) is 0 Å². The third-order valence-corrected chi connectivity index (χ3v) is 2.47. The number of carbonyl (C=O) groups excluding carboxylic acids is 1. The summed E-state index contributed by atoms with van der Waals surface area (Å²) >= 11 is 0. The SMILES string of the molecule is CC1CC1C(=O)NCCCOCCN. The first-order chi connectivity index (χ1) is 6.75. The fraction of sp³-hybridized carbons (Fsp3) is 0.900. The molecule has 1 rings (SSSR count). The largest absolute Gasteiger partial charge is 0.380 e. The first kappa shape index (κ1) is 11.5. The molecule has 82 valence electrons. The van der Waals surface area contributed by atoms with E-state index in [1.54, 1.807) is 0 Å². The maximum atomic E-state index is 11.3. The summed E-state index contributed by atoms with van der Waals surface area (Å²) in [6.07, 6.45) is 1.92. The standard InChI is InChI=1S/C10H20N2O2/c1-8-7-9(8)10(13)12-4-2-5-14-6-3-11/h8-9H,2-7,11H2,1H3,(H,12,13). The minimum atomic E-state index is 0.205. The Kier molecular flexibility index (Phi) is 4.90. The molecule has 3 N–H and O–H groups in total. The summed E-state index contributed by atoms with van der Waals surface area (Å²) in [7, 11) is 0. The summed E-state index contributed by atoms with van der Waals surface area (Å²) in [5, 5.41) is 2.90. The summed E-state index contributed by atoms with van der Waals surface area (Å²) in [6, 6.07) is 0. The predicted molar refractivity (Wildman–Crippen MR) is 54.8 cm³/mol. The van der Waals surface area contributed by atoms with Crippen LogP contribution in [0.5, 0.6) is 0 Å². The van der Waals surface area contributed by atoms with E-state index in [0.29, 0.717) is 32.2 Å². The molecule has 0 saturated heterocycles. The van der Waals surface area contributed by atoms with Crippen molar-refractivity contribution in [2.45, 2.75) is 19.8 Å². The van der Waals surface area contributed by atoms with Crippen molar-refractivity contribution in [3.05, 3.63) is 0 Å². The van der Waals surface area contributed by atoms with Crippen molar-refractivity contribution < 1.29 is 9.53 Å². The second-order valence-electron chi connectivity index (χ2n) is 3.87. The highest BCUT2D eigenvalue weighted by atomic mass is 16.5. The topological polar surface area (TPSA) is 64.3 Å². The zero-order valence-electron chi connectivity index (χ0n) is 8.79. The second kappa shape index (κ2) is 5.98. The summed E-state index contributed by atoms with van der Waals surface area (Å²) in [5.41, 5.74) is 5.26. The van der Waals surface area contributed by atoms with E-state index in [2.05, 4.69) is 12.2 Å². The molecule has 1 aliphatic carbocycles. The smallest absolute Gasteiger partial charge is 0.223 e. The molecule has 1 aliphatic rings. The van der Waals surface area contributed by atoms with Crippen molar-refractivity contribution in [2.75, 3.05) is 26.3 Å². The van der Waals surface area contributed by atoms with Crippen LogP contribution in [0.2, 0.25) is 0 Å². The molecule has 0 aromatic carbocycles. The van der Waals surface area contributed by atoms with Gasteiger partial charge in [-0.15, -0.1) is 0 Å². The average Bonchev–Trinajstić information content (AvgIpc) is 2.88. The molecule has 0 bridgehead atoms. The van der Waals surface area contributed by atoms with Crippen LogP contribution < -0.4 is 11.1 Å². The van der Waals surface area contributed by atoms with Crippen molar-refractivity contribution in [1.29, 1.82) is 0 Å². The number of nitrogens with two attached hydrogens (primary N) is 1. The van der Waals surface area contributed by atoms with Gasteiger partial charge in [-0.05, 0) is 18.8 Å². The van der Waals surface area contributed by atoms with Crippen LogP contribution in [-0.4, -0.2) is 32.2 Å². The molecule has 4 nitrogen and oxygen atoms in total. The van der Waals surface area contributed by atoms with Crippen molar-refractivity contribution in [3.8, 4) is 0 Å². The van der Waals surface area contributed by atoms with E-state index >= 15 is 0 Å².